The average Bonchev–Trinajstić information content (AvgIpc) is 3.31. The predicted octanol–water partition coefficient (Wildman–Crippen LogP) is 4.80. The van der Waals surface area contributed by atoms with Crippen molar-refractivity contribution >= 4 is 28.6 Å². The van der Waals surface area contributed by atoms with Gasteiger partial charge >= 0.3 is 0 Å². The summed E-state index contributed by atoms with van der Waals surface area (Å²) in [4.78, 5) is 48.8. The van der Waals surface area contributed by atoms with Crippen LogP contribution in [0.2, 0.25) is 0 Å². The maximum Gasteiger partial charge on any atom is 0.295 e. The monoisotopic (exact) mass is 496 g/mol. The lowest BCUT2D eigenvalue weighted by atomic mass is 10.1. The molecule has 0 aliphatic carbocycles. The smallest absolute Gasteiger partial charge is 0.295 e. The fraction of sp³-hybridized carbons (Fsp3) is 0.429. The van der Waals surface area contributed by atoms with E-state index < -0.39 is 11.7 Å². The van der Waals surface area contributed by atoms with Crippen LogP contribution >= 0.6 is 0 Å². The molecule has 2 amide bonds. The number of ether oxygens (including phenoxy) is 1. The van der Waals surface area contributed by atoms with Gasteiger partial charge in [0.1, 0.15) is 11.4 Å². The van der Waals surface area contributed by atoms with Gasteiger partial charge in [0.2, 0.25) is 0 Å². The lowest BCUT2D eigenvalue weighted by Crippen LogP contribution is -2.57. The maximum absolute atomic E-state index is 13.0. The van der Waals surface area contributed by atoms with Gasteiger partial charge in [0, 0.05) is 43.6 Å². The number of aromatic amines is 1. The standard InChI is InChI=1S/C22H24N4O4.C4H10.C2H6/c1-5-7-15(6-2)21(28)25-10-11-26(14(3)13-25)22(29)19(27)16-12-24-20-18(16)17(30-4)8-9-23-20;1-4(2)3;1-2/h5-9,12,14H,1-2,10-11,13H2,3-4H3,(H,23,24);4H,1-3H3;1-2H3/b15-7+;;/t14-;;/m1../s1. The summed E-state index contributed by atoms with van der Waals surface area (Å²) in [6, 6.07) is 1.32. The van der Waals surface area contributed by atoms with Crippen molar-refractivity contribution in [1.29, 1.82) is 0 Å². The fourth-order valence-corrected chi connectivity index (χ4v) is 3.60. The van der Waals surface area contributed by atoms with Gasteiger partial charge in [-0.1, -0.05) is 66.0 Å². The molecule has 3 heterocycles. The molecule has 8 nitrogen and oxygen atoms in total. The number of hydrogen-bond acceptors (Lipinski definition) is 5. The third kappa shape index (κ3) is 7.41. The van der Waals surface area contributed by atoms with E-state index in [2.05, 4.69) is 43.9 Å². The molecule has 1 fully saturated rings. The van der Waals surface area contributed by atoms with Crippen LogP contribution in [-0.4, -0.2) is 70.2 Å². The van der Waals surface area contributed by atoms with Gasteiger partial charge in [-0.05, 0) is 18.9 Å². The summed E-state index contributed by atoms with van der Waals surface area (Å²) in [5.41, 5.74) is 1.12. The quantitative estimate of drug-likeness (QED) is 0.268. The van der Waals surface area contributed by atoms with E-state index >= 15 is 0 Å². The topological polar surface area (TPSA) is 95.6 Å². The van der Waals surface area contributed by atoms with Crippen molar-refractivity contribution in [2.45, 2.75) is 47.6 Å². The number of allylic oxidation sites excluding steroid dienone is 2. The molecule has 0 aromatic carbocycles. The Balaban J connectivity index is 0.000000982. The van der Waals surface area contributed by atoms with Crippen LogP contribution in [0.25, 0.3) is 11.0 Å². The number of nitrogens with zero attached hydrogens (tertiary/aromatic N) is 3. The highest BCUT2D eigenvalue weighted by atomic mass is 16.5. The molecular formula is C28H40N4O4. The van der Waals surface area contributed by atoms with Crippen molar-refractivity contribution in [1.82, 2.24) is 19.8 Å². The van der Waals surface area contributed by atoms with Gasteiger partial charge in [-0.3, -0.25) is 14.4 Å². The Morgan fingerprint density at radius 2 is 1.81 bits per heavy atom. The number of Topliss-reactive ketones (excluding diaryl/α,β-unsaturated/α-hetero) is 1. The van der Waals surface area contributed by atoms with Gasteiger partial charge in [-0.25, -0.2) is 4.98 Å². The first-order chi connectivity index (χ1) is 17.2. The van der Waals surface area contributed by atoms with Crippen molar-refractivity contribution in [2.75, 3.05) is 26.7 Å². The minimum Gasteiger partial charge on any atom is -0.496 e. The molecule has 3 rings (SSSR count). The molecule has 1 saturated heterocycles. The summed E-state index contributed by atoms with van der Waals surface area (Å²) >= 11 is 0. The van der Waals surface area contributed by atoms with Gasteiger partial charge in [-0.15, -0.1) is 0 Å². The van der Waals surface area contributed by atoms with Crippen LogP contribution in [-0.2, 0) is 9.59 Å². The van der Waals surface area contributed by atoms with Gasteiger partial charge in [0.05, 0.1) is 18.1 Å². The van der Waals surface area contributed by atoms with E-state index in [-0.39, 0.29) is 24.1 Å². The molecule has 1 aliphatic rings. The third-order valence-electron chi connectivity index (χ3n) is 5.13. The molecule has 1 aliphatic heterocycles. The zero-order chi connectivity index (χ0) is 27.4. The van der Waals surface area contributed by atoms with E-state index in [1.54, 1.807) is 23.2 Å². The molecule has 0 radical (unpaired) electrons. The maximum atomic E-state index is 13.0. The highest BCUT2D eigenvalue weighted by molar-refractivity contribution is 6.45. The van der Waals surface area contributed by atoms with Crippen LogP contribution in [0.3, 0.4) is 0 Å². The largest absolute Gasteiger partial charge is 0.496 e. The summed E-state index contributed by atoms with van der Waals surface area (Å²) < 4.78 is 5.31. The number of carbonyl (C=O) groups is 3. The lowest BCUT2D eigenvalue weighted by Gasteiger charge is -2.39. The second kappa shape index (κ2) is 14.7. The average molecular weight is 497 g/mol. The van der Waals surface area contributed by atoms with Crippen LogP contribution in [0, 0.1) is 5.92 Å². The molecule has 0 spiro atoms. The fourth-order valence-electron chi connectivity index (χ4n) is 3.60. The summed E-state index contributed by atoms with van der Waals surface area (Å²) in [7, 11) is 1.49. The number of hydrogen-bond donors (Lipinski definition) is 1. The molecule has 36 heavy (non-hydrogen) atoms. The van der Waals surface area contributed by atoms with Crippen molar-refractivity contribution in [3.05, 3.63) is 61.0 Å². The molecule has 0 unspecified atom stereocenters. The van der Waals surface area contributed by atoms with Crippen LogP contribution in [0.4, 0.5) is 0 Å². The van der Waals surface area contributed by atoms with E-state index in [1.807, 2.05) is 20.8 Å². The highest BCUT2D eigenvalue weighted by Crippen LogP contribution is 2.28. The summed E-state index contributed by atoms with van der Waals surface area (Å²) in [6.45, 7) is 20.5. The van der Waals surface area contributed by atoms with Crippen molar-refractivity contribution < 1.29 is 19.1 Å². The number of pyridine rings is 1. The van der Waals surface area contributed by atoms with Gasteiger partial charge in [-0.2, -0.15) is 0 Å². The number of piperazine rings is 1. The number of amides is 2. The number of ketones is 1. The van der Waals surface area contributed by atoms with Crippen LogP contribution < -0.4 is 4.74 Å². The third-order valence-corrected chi connectivity index (χ3v) is 5.13. The van der Waals surface area contributed by atoms with Crippen LogP contribution in [0.1, 0.15) is 51.9 Å². The highest BCUT2D eigenvalue weighted by Gasteiger charge is 2.34. The first-order valence-corrected chi connectivity index (χ1v) is 12.3. The van der Waals surface area contributed by atoms with Gasteiger partial charge in [0.25, 0.3) is 17.6 Å². The molecule has 0 saturated carbocycles. The SMILES string of the molecule is C=C/C=C(\C=C)C(=O)N1CCN(C(=O)C(=O)c2c[nH]c3nccc(OC)c23)[C@H](C)C1.CC.CC(C)C. The Kier molecular flexibility index (Phi) is 12.4. The number of methoxy groups -OCH3 is 1. The van der Waals surface area contributed by atoms with E-state index in [1.165, 1.54) is 30.4 Å². The number of aromatic nitrogens is 2. The number of carbonyl (C=O) groups excluding carboxylic acids is 3. The Morgan fingerprint density at radius 3 is 2.33 bits per heavy atom. The normalized spacial score (nSPS) is 15.3. The van der Waals surface area contributed by atoms with E-state index in [4.69, 9.17) is 4.74 Å². The lowest BCUT2D eigenvalue weighted by molar-refractivity contribution is -0.137. The molecule has 2 aromatic heterocycles. The van der Waals surface area contributed by atoms with Crippen molar-refractivity contribution in [3.8, 4) is 5.75 Å². The Morgan fingerprint density at radius 1 is 1.17 bits per heavy atom. The van der Waals surface area contributed by atoms with E-state index in [0.717, 1.165) is 5.92 Å². The number of nitrogens with one attached hydrogen (secondary N) is 1. The number of rotatable bonds is 6. The summed E-state index contributed by atoms with van der Waals surface area (Å²) in [5, 5.41) is 0.477. The Hall–Kier alpha value is -3.68. The number of H-pyrrole nitrogens is 1. The molecule has 0 bridgehead atoms. The van der Waals surface area contributed by atoms with E-state index in [9.17, 15) is 14.4 Å². The van der Waals surface area contributed by atoms with Crippen LogP contribution in [0.15, 0.2) is 55.4 Å². The Labute approximate surface area is 214 Å². The summed E-state index contributed by atoms with van der Waals surface area (Å²) in [6.07, 6.45) is 7.64. The summed E-state index contributed by atoms with van der Waals surface area (Å²) in [5.74, 6) is -0.140. The predicted molar refractivity (Wildman–Crippen MR) is 145 cm³/mol. The molecule has 1 N–H and O–H groups in total. The minimum absolute atomic E-state index is 0.178. The zero-order valence-corrected chi connectivity index (χ0v) is 22.6. The molecular weight excluding hydrogens is 456 g/mol. The molecule has 8 heteroatoms. The van der Waals surface area contributed by atoms with Gasteiger partial charge < -0.3 is 19.5 Å². The first kappa shape index (κ1) is 30.4. The second-order valence-electron chi connectivity index (χ2n) is 8.66. The number of fused-ring (bicyclic) bond motifs is 1. The van der Waals surface area contributed by atoms with Crippen LogP contribution in [0.5, 0.6) is 5.75 Å². The molecule has 1 atom stereocenters. The van der Waals surface area contributed by atoms with E-state index in [0.29, 0.717) is 35.4 Å². The Bertz CT molecular complexity index is 1100. The van der Waals surface area contributed by atoms with Crippen molar-refractivity contribution in [2.24, 2.45) is 5.92 Å². The molecule has 196 valence electrons. The second-order valence-corrected chi connectivity index (χ2v) is 8.66. The first-order valence-electron chi connectivity index (χ1n) is 12.3. The zero-order valence-electron chi connectivity index (χ0n) is 22.6. The minimum atomic E-state index is -0.641. The molecule has 2 aromatic rings. The van der Waals surface area contributed by atoms with Gasteiger partial charge in [0.15, 0.2) is 0 Å². The van der Waals surface area contributed by atoms with Crippen molar-refractivity contribution in [3.63, 3.8) is 0 Å².